The van der Waals surface area contributed by atoms with Crippen LogP contribution < -0.4 is 5.32 Å². The van der Waals surface area contributed by atoms with E-state index in [-0.39, 0.29) is 5.56 Å². The van der Waals surface area contributed by atoms with Gasteiger partial charge < -0.3 is 5.32 Å². The minimum atomic E-state index is -4.51. The lowest BCUT2D eigenvalue weighted by Crippen LogP contribution is -2.14. The van der Waals surface area contributed by atoms with Crippen molar-refractivity contribution in [3.63, 3.8) is 0 Å². The molecule has 2 rings (SSSR count). The predicted molar refractivity (Wildman–Crippen MR) is 82.3 cm³/mol. The predicted octanol–water partition coefficient (Wildman–Crippen LogP) is 4.87. The Kier molecular flexibility index (Phi) is 5.03. The Morgan fingerprint density at radius 2 is 1.83 bits per heavy atom. The SMILES string of the molecule is CC[C@H](C)c1ccc(NC(=O)c2ccc(C(F)(F)F)nc2)cc1. The van der Waals surface area contributed by atoms with E-state index in [1.54, 1.807) is 12.1 Å². The summed E-state index contributed by atoms with van der Waals surface area (Å²) in [4.78, 5) is 15.3. The van der Waals surface area contributed by atoms with Crippen LogP contribution in [0.1, 0.15) is 47.8 Å². The second-order valence-electron chi connectivity index (χ2n) is 5.32. The van der Waals surface area contributed by atoms with Gasteiger partial charge >= 0.3 is 6.18 Å². The molecule has 3 nitrogen and oxygen atoms in total. The molecule has 6 heteroatoms. The van der Waals surface area contributed by atoms with Crippen LogP contribution in [0.2, 0.25) is 0 Å². The van der Waals surface area contributed by atoms with Crippen LogP contribution in [0.15, 0.2) is 42.6 Å². The Bertz CT molecular complexity index is 664. The Morgan fingerprint density at radius 3 is 2.30 bits per heavy atom. The third kappa shape index (κ3) is 4.31. The Balaban J connectivity index is 2.07. The summed E-state index contributed by atoms with van der Waals surface area (Å²) < 4.78 is 37.3. The van der Waals surface area contributed by atoms with Crippen molar-refractivity contribution in [2.45, 2.75) is 32.4 Å². The monoisotopic (exact) mass is 322 g/mol. The fourth-order valence-electron chi connectivity index (χ4n) is 2.03. The van der Waals surface area contributed by atoms with Gasteiger partial charge in [-0.05, 0) is 42.2 Å². The van der Waals surface area contributed by atoms with Crippen molar-refractivity contribution in [1.82, 2.24) is 4.98 Å². The van der Waals surface area contributed by atoms with Crippen LogP contribution in [0.3, 0.4) is 0 Å². The van der Waals surface area contributed by atoms with Crippen LogP contribution in [0.25, 0.3) is 0 Å². The molecule has 0 aliphatic rings. The first-order valence-electron chi connectivity index (χ1n) is 7.25. The van der Waals surface area contributed by atoms with E-state index in [0.717, 1.165) is 24.8 Å². The molecular weight excluding hydrogens is 305 g/mol. The largest absolute Gasteiger partial charge is 0.433 e. The highest BCUT2D eigenvalue weighted by atomic mass is 19.4. The number of alkyl halides is 3. The number of carbonyl (C=O) groups is 1. The molecule has 1 atom stereocenters. The number of rotatable bonds is 4. The van der Waals surface area contributed by atoms with Gasteiger partial charge in [0.05, 0.1) is 5.56 Å². The smallest absolute Gasteiger partial charge is 0.322 e. The lowest BCUT2D eigenvalue weighted by molar-refractivity contribution is -0.141. The topological polar surface area (TPSA) is 42.0 Å². The van der Waals surface area contributed by atoms with Gasteiger partial charge in [-0.1, -0.05) is 26.0 Å². The fourth-order valence-corrected chi connectivity index (χ4v) is 2.03. The van der Waals surface area contributed by atoms with E-state index in [0.29, 0.717) is 11.6 Å². The first kappa shape index (κ1) is 17.0. The van der Waals surface area contributed by atoms with Crippen molar-refractivity contribution >= 4 is 11.6 Å². The van der Waals surface area contributed by atoms with Crippen molar-refractivity contribution < 1.29 is 18.0 Å². The standard InChI is InChI=1S/C17H17F3N2O/c1-3-11(2)12-4-7-14(8-5-12)22-16(23)13-6-9-15(21-10-13)17(18,19)20/h4-11H,3H2,1-2H3,(H,22,23)/t11-/m0/s1. The molecule has 23 heavy (non-hydrogen) atoms. The number of nitrogens with one attached hydrogen (secondary N) is 1. The van der Waals surface area contributed by atoms with E-state index in [1.165, 1.54) is 5.56 Å². The van der Waals surface area contributed by atoms with Gasteiger partial charge in [0.15, 0.2) is 0 Å². The molecule has 122 valence electrons. The van der Waals surface area contributed by atoms with Gasteiger partial charge in [0.2, 0.25) is 0 Å². The minimum Gasteiger partial charge on any atom is -0.322 e. The third-order valence-electron chi connectivity index (χ3n) is 3.67. The lowest BCUT2D eigenvalue weighted by Gasteiger charge is -2.11. The first-order valence-corrected chi connectivity index (χ1v) is 7.25. The fraction of sp³-hybridized carbons (Fsp3) is 0.294. The molecule has 1 heterocycles. The molecule has 0 saturated carbocycles. The van der Waals surface area contributed by atoms with Gasteiger partial charge in [-0.15, -0.1) is 0 Å². The maximum atomic E-state index is 12.4. The van der Waals surface area contributed by atoms with E-state index in [2.05, 4.69) is 24.1 Å². The highest BCUT2D eigenvalue weighted by Crippen LogP contribution is 2.27. The Morgan fingerprint density at radius 1 is 1.17 bits per heavy atom. The van der Waals surface area contributed by atoms with Gasteiger partial charge in [-0.3, -0.25) is 9.78 Å². The molecule has 0 unspecified atom stereocenters. The molecule has 0 bridgehead atoms. The zero-order valence-electron chi connectivity index (χ0n) is 12.8. The molecule has 0 saturated heterocycles. The lowest BCUT2D eigenvalue weighted by atomic mass is 9.98. The Hall–Kier alpha value is -2.37. The van der Waals surface area contributed by atoms with Crippen molar-refractivity contribution in [2.24, 2.45) is 0 Å². The van der Waals surface area contributed by atoms with Crippen LogP contribution >= 0.6 is 0 Å². The number of nitrogens with zero attached hydrogens (tertiary/aromatic N) is 1. The van der Waals surface area contributed by atoms with Crippen molar-refractivity contribution in [3.05, 3.63) is 59.4 Å². The average Bonchev–Trinajstić information content (AvgIpc) is 2.54. The first-order chi connectivity index (χ1) is 10.8. The molecule has 0 fully saturated rings. The summed E-state index contributed by atoms with van der Waals surface area (Å²) >= 11 is 0. The number of anilines is 1. The van der Waals surface area contributed by atoms with Crippen LogP contribution in [0.5, 0.6) is 0 Å². The molecule has 0 aliphatic heterocycles. The molecule has 2 aromatic rings. The highest BCUT2D eigenvalue weighted by Gasteiger charge is 2.32. The van der Waals surface area contributed by atoms with Crippen LogP contribution in [-0.4, -0.2) is 10.9 Å². The second-order valence-corrected chi connectivity index (χ2v) is 5.32. The van der Waals surface area contributed by atoms with E-state index in [4.69, 9.17) is 0 Å². The summed E-state index contributed by atoms with van der Waals surface area (Å²) in [6, 6.07) is 9.30. The molecule has 1 N–H and O–H groups in total. The normalized spacial score (nSPS) is 12.7. The molecule has 0 radical (unpaired) electrons. The minimum absolute atomic E-state index is 0.0732. The van der Waals surface area contributed by atoms with Gasteiger partial charge in [0.25, 0.3) is 5.91 Å². The van der Waals surface area contributed by atoms with E-state index in [9.17, 15) is 18.0 Å². The number of hydrogen-bond donors (Lipinski definition) is 1. The van der Waals surface area contributed by atoms with Crippen LogP contribution in [-0.2, 0) is 6.18 Å². The quantitative estimate of drug-likeness (QED) is 0.873. The summed E-state index contributed by atoms with van der Waals surface area (Å²) in [5.41, 5.74) is 0.805. The summed E-state index contributed by atoms with van der Waals surface area (Å²) in [6.07, 6.45) is -2.57. The number of carbonyl (C=O) groups excluding carboxylic acids is 1. The Labute approximate surface area is 132 Å². The van der Waals surface area contributed by atoms with E-state index in [1.807, 2.05) is 12.1 Å². The molecule has 1 amide bonds. The molecule has 1 aromatic carbocycles. The summed E-state index contributed by atoms with van der Waals surface area (Å²) in [6.45, 7) is 4.21. The van der Waals surface area contributed by atoms with Crippen molar-refractivity contribution in [2.75, 3.05) is 5.32 Å². The highest BCUT2D eigenvalue weighted by molar-refractivity contribution is 6.04. The summed E-state index contributed by atoms with van der Waals surface area (Å²) in [7, 11) is 0. The summed E-state index contributed by atoms with van der Waals surface area (Å²) in [5, 5.41) is 2.64. The molecule has 1 aromatic heterocycles. The number of pyridine rings is 1. The van der Waals surface area contributed by atoms with Crippen LogP contribution in [0, 0.1) is 0 Å². The molecule has 0 spiro atoms. The number of amides is 1. The van der Waals surface area contributed by atoms with Crippen LogP contribution in [0.4, 0.5) is 18.9 Å². The zero-order chi connectivity index (χ0) is 17.0. The number of hydrogen-bond acceptors (Lipinski definition) is 2. The maximum absolute atomic E-state index is 12.4. The number of halogens is 3. The molecular formula is C17H17F3N2O. The van der Waals surface area contributed by atoms with Crippen molar-refractivity contribution in [3.8, 4) is 0 Å². The van der Waals surface area contributed by atoms with Gasteiger partial charge in [0, 0.05) is 11.9 Å². The molecule has 0 aliphatic carbocycles. The number of benzene rings is 1. The number of aromatic nitrogens is 1. The van der Waals surface area contributed by atoms with E-state index >= 15 is 0 Å². The van der Waals surface area contributed by atoms with E-state index < -0.39 is 17.8 Å². The second kappa shape index (κ2) is 6.81. The zero-order valence-corrected chi connectivity index (χ0v) is 12.8. The third-order valence-corrected chi connectivity index (χ3v) is 3.67. The van der Waals surface area contributed by atoms with Gasteiger partial charge in [-0.25, -0.2) is 0 Å². The van der Waals surface area contributed by atoms with Gasteiger partial charge in [0.1, 0.15) is 5.69 Å². The maximum Gasteiger partial charge on any atom is 0.433 e. The van der Waals surface area contributed by atoms with Gasteiger partial charge in [-0.2, -0.15) is 13.2 Å². The average molecular weight is 322 g/mol. The van der Waals surface area contributed by atoms with Crippen molar-refractivity contribution in [1.29, 1.82) is 0 Å². The summed E-state index contributed by atoms with van der Waals surface area (Å²) in [5.74, 6) is -0.0682.